The normalized spacial score (nSPS) is 20.9. The lowest BCUT2D eigenvalue weighted by atomic mass is 9.77. The maximum Gasteiger partial charge on any atom is 0.492 e. The van der Waals surface area contributed by atoms with Crippen LogP contribution in [0.3, 0.4) is 0 Å². The smallest absolute Gasteiger partial charge is 0.400 e. The number of aliphatic hydroxyl groups is 1. The molecule has 0 atom stereocenters. The summed E-state index contributed by atoms with van der Waals surface area (Å²) in [5.74, 6) is 0. The number of rotatable bonds is 3. The van der Waals surface area contributed by atoms with Crippen LogP contribution < -0.4 is 0 Å². The molecule has 0 aliphatic carbocycles. The molecule has 1 aromatic heterocycles. The van der Waals surface area contributed by atoms with Crippen LogP contribution in [0.1, 0.15) is 33.3 Å². The van der Waals surface area contributed by atoms with Crippen molar-refractivity contribution in [2.75, 3.05) is 6.61 Å². The number of nitrogens with zero attached hydrogens (tertiary/aromatic N) is 1. The maximum atomic E-state index is 9.62. The van der Waals surface area contributed by atoms with Crippen molar-refractivity contribution in [1.82, 2.24) is 4.98 Å². The van der Waals surface area contributed by atoms with Crippen molar-refractivity contribution in [2.45, 2.75) is 38.9 Å². The van der Waals surface area contributed by atoms with Gasteiger partial charge in [0.2, 0.25) is 0 Å². The highest BCUT2D eigenvalue weighted by atomic mass is 35.5. The number of aromatic nitrogens is 1. The van der Waals surface area contributed by atoms with E-state index >= 15 is 0 Å². The van der Waals surface area contributed by atoms with Crippen molar-refractivity contribution in [3.05, 3.63) is 33.5 Å². The van der Waals surface area contributed by atoms with Gasteiger partial charge in [0.05, 0.1) is 17.8 Å². The molecule has 1 fully saturated rings. The van der Waals surface area contributed by atoms with E-state index in [1.165, 1.54) is 0 Å². The largest absolute Gasteiger partial charge is 0.492 e. The Bertz CT molecular complexity index is 539. The monoisotopic (exact) mass is 329 g/mol. The second-order valence-electron chi connectivity index (χ2n) is 6.01. The van der Waals surface area contributed by atoms with Gasteiger partial charge < -0.3 is 14.4 Å². The molecule has 21 heavy (non-hydrogen) atoms. The highest BCUT2D eigenvalue weighted by Gasteiger charge is 2.52. The zero-order valence-electron chi connectivity index (χ0n) is 12.5. The summed E-state index contributed by atoms with van der Waals surface area (Å²) in [7, 11) is -0.606. The van der Waals surface area contributed by atoms with Gasteiger partial charge in [-0.1, -0.05) is 29.3 Å². The summed E-state index contributed by atoms with van der Waals surface area (Å²) in [5.41, 5.74) is 0.421. The molecule has 1 aliphatic heterocycles. The molecule has 2 heterocycles. The van der Waals surface area contributed by atoms with Crippen LogP contribution in [0.25, 0.3) is 6.08 Å². The number of hydrogen-bond donors (Lipinski definition) is 1. The Labute approximate surface area is 135 Å². The second-order valence-corrected chi connectivity index (χ2v) is 6.79. The highest BCUT2D eigenvalue weighted by Crippen LogP contribution is 2.38. The van der Waals surface area contributed by atoms with Gasteiger partial charge in [-0.25, -0.2) is 4.98 Å². The van der Waals surface area contributed by atoms with Crippen molar-refractivity contribution in [1.29, 1.82) is 0 Å². The zero-order chi connectivity index (χ0) is 15.8. The van der Waals surface area contributed by atoms with Crippen LogP contribution >= 0.6 is 23.2 Å². The molecule has 0 bridgehead atoms. The average Bonchev–Trinajstić information content (AvgIpc) is 2.54. The maximum absolute atomic E-state index is 9.62. The minimum absolute atomic E-state index is 0.186. The standard InChI is InChI=1S/C14H18BCl2NO3/c1-13(2)14(3,4)21-15(20-13)10(8-19)5-9-6-11(16)18-12(17)7-9/h5-7,19H,8H2,1-4H3. The van der Waals surface area contributed by atoms with Crippen LogP contribution in [0.5, 0.6) is 0 Å². The summed E-state index contributed by atoms with van der Waals surface area (Å²) in [6, 6.07) is 3.32. The number of aliphatic hydroxyl groups excluding tert-OH is 1. The summed E-state index contributed by atoms with van der Waals surface area (Å²) in [4.78, 5) is 3.89. The van der Waals surface area contributed by atoms with E-state index in [2.05, 4.69) is 4.98 Å². The Hall–Kier alpha value is -0.585. The van der Waals surface area contributed by atoms with Crippen LogP contribution in [0, 0.1) is 0 Å². The highest BCUT2D eigenvalue weighted by molar-refractivity contribution is 6.55. The molecule has 0 aromatic carbocycles. The van der Waals surface area contributed by atoms with E-state index in [9.17, 15) is 5.11 Å². The molecule has 1 aliphatic rings. The van der Waals surface area contributed by atoms with Gasteiger partial charge in [-0.15, -0.1) is 0 Å². The van der Waals surface area contributed by atoms with Crippen molar-refractivity contribution >= 4 is 36.4 Å². The lowest BCUT2D eigenvalue weighted by Crippen LogP contribution is -2.41. The molecular weight excluding hydrogens is 312 g/mol. The van der Waals surface area contributed by atoms with Gasteiger partial charge in [0.25, 0.3) is 0 Å². The molecule has 1 saturated heterocycles. The Morgan fingerprint density at radius 3 is 2.10 bits per heavy atom. The molecule has 0 amide bonds. The molecule has 0 radical (unpaired) electrons. The first kappa shape index (κ1) is 16.8. The van der Waals surface area contributed by atoms with Crippen LogP contribution in [0.2, 0.25) is 10.3 Å². The van der Waals surface area contributed by atoms with E-state index < -0.39 is 18.3 Å². The molecule has 1 N–H and O–H groups in total. The lowest BCUT2D eigenvalue weighted by Gasteiger charge is -2.32. The van der Waals surface area contributed by atoms with Gasteiger partial charge in [-0.3, -0.25) is 0 Å². The molecule has 7 heteroatoms. The van der Waals surface area contributed by atoms with Gasteiger partial charge in [-0.05, 0) is 50.9 Å². The third-order valence-corrected chi connectivity index (χ3v) is 4.26. The van der Waals surface area contributed by atoms with Crippen LogP contribution in [0.15, 0.2) is 17.6 Å². The molecule has 0 unspecified atom stereocenters. The van der Waals surface area contributed by atoms with Crippen LogP contribution in [0.4, 0.5) is 0 Å². The topological polar surface area (TPSA) is 51.6 Å². The molecule has 1 aromatic rings. The molecule has 2 rings (SSSR count). The molecule has 4 nitrogen and oxygen atoms in total. The van der Waals surface area contributed by atoms with Crippen LogP contribution in [-0.2, 0) is 9.31 Å². The van der Waals surface area contributed by atoms with Crippen molar-refractivity contribution in [3.63, 3.8) is 0 Å². The average molecular weight is 330 g/mol. The van der Waals surface area contributed by atoms with E-state index in [0.717, 1.165) is 5.56 Å². The first-order chi connectivity index (χ1) is 9.64. The summed E-state index contributed by atoms with van der Waals surface area (Å²) in [6.45, 7) is 7.66. The molecular formula is C14H18BCl2NO3. The van der Waals surface area contributed by atoms with E-state index in [4.69, 9.17) is 32.5 Å². The quantitative estimate of drug-likeness (QED) is 0.682. The predicted octanol–water partition coefficient (Wildman–Crippen LogP) is 3.40. The Morgan fingerprint density at radius 1 is 1.19 bits per heavy atom. The van der Waals surface area contributed by atoms with Gasteiger partial charge >= 0.3 is 7.12 Å². The van der Waals surface area contributed by atoms with E-state index in [1.807, 2.05) is 27.7 Å². The SMILES string of the molecule is CC1(C)OB(C(=Cc2cc(Cl)nc(Cl)c2)CO)OC1(C)C. The fourth-order valence-electron chi connectivity index (χ4n) is 1.96. The fourth-order valence-corrected chi connectivity index (χ4v) is 2.44. The summed E-state index contributed by atoms with van der Waals surface area (Å²) >= 11 is 11.8. The van der Waals surface area contributed by atoms with E-state index in [1.54, 1.807) is 18.2 Å². The third kappa shape index (κ3) is 3.60. The Balaban J connectivity index is 2.30. The Morgan fingerprint density at radius 2 is 1.67 bits per heavy atom. The van der Waals surface area contributed by atoms with E-state index in [0.29, 0.717) is 15.8 Å². The lowest BCUT2D eigenvalue weighted by molar-refractivity contribution is 0.00578. The molecule has 0 saturated carbocycles. The van der Waals surface area contributed by atoms with Gasteiger partial charge in [0.1, 0.15) is 10.3 Å². The van der Waals surface area contributed by atoms with Crippen molar-refractivity contribution in [3.8, 4) is 0 Å². The number of pyridine rings is 1. The van der Waals surface area contributed by atoms with E-state index in [-0.39, 0.29) is 6.61 Å². The van der Waals surface area contributed by atoms with Gasteiger partial charge in [0, 0.05) is 0 Å². The van der Waals surface area contributed by atoms with Crippen molar-refractivity contribution in [2.24, 2.45) is 0 Å². The zero-order valence-corrected chi connectivity index (χ0v) is 14.0. The number of hydrogen-bond acceptors (Lipinski definition) is 4. The van der Waals surface area contributed by atoms with Gasteiger partial charge in [0.15, 0.2) is 0 Å². The minimum Gasteiger partial charge on any atom is -0.400 e. The Kier molecular flexibility index (Phi) is 4.71. The summed E-state index contributed by atoms with van der Waals surface area (Å²) in [5, 5.41) is 10.2. The van der Waals surface area contributed by atoms with Gasteiger partial charge in [-0.2, -0.15) is 0 Å². The summed E-state index contributed by atoms with van der Waals surface area (Å²) in [6.07, 6.45) is 1.75. The van der Waals surface area contributed by atoms with Crippen molar-refractivity contribution < 1.29 is 14.4 Å². The first-order valence-corrected chi connectivity index (χ1v) is 7.40. The molecule has 114 valence electrons. The minimum atomic E-state index is -0.606. The number of halogens is 2. The van der Waals surface area contributed by atoms with Crippen LogP contribution in [-0.4, -0.2) is 35.0 Å². The predicted molar refractivity (Wildman–Crippen MR) is 85.4 cm³/mol. The fraction of sp³-hybridized carbons (Fsp3) is 0.500. The first-order valence-electron chi connectivity index (χ1n) is 6.65. The summed E-state index contributed by atoms with van der Waals surface area (Å²) < 4.78 is 11.8. The molecule has 0 spiro atoms. The third-order valence-electron chi connectivity index (χ3n) is 3.88. The second kappa shape index (κ2) is 5.90.